The number of benzene rings is 3. The van der Waals surface area contributed by atoms with Gasteiger partial charge >= 0.3 is 0 Å². The second-order valence-electron chi connectivity index (χ2n) is 7.88. The zero-order valence-electron chi connectivity index (χ0n) is 18.8. The van der Waals surface area contributed by atoms with Crippen LogP contribution in [0.5, 0.6) is 11.5 Å². The molecule has 0 aromatic heterocycles. The van der Waals surface area contributed by atoms with E-state index < -0.39 is 0 Å². The Labute approximate surface area is 190 Å². The summed E-state index contributed by atoms with van der Waals surface area (Å²) in [5, 5.41) is 22.5. The normalized spacial score (nSPS) is 11.7. The Morgan fingerprint density at radius 2 is 1.22 bits per heavy atom. The molecular weight excluding hydrogens is 398 g/mol. The Morgan fingerprint density at radius 3 is 1.72 bits per heavy atom. The summed E-state index contributed by atoms with van der Waals surface area (Å²) in [6.45, 7) is 4.23. The molecule has 4 nitrogen and oxygen atoms in total. The number of phenols is 2. The highest BCUT2D eigenvalue weighted by Crippen LogP contribution is 2.35. The summed E-state index contributed by atoms with van der Waals surface area (Å²) < 4.78 is 0. The first-order valence-electron chi connectivity index (χ1n) is 11.2. The van der Waals surface area contributed by atoms with Crippen molar-refractivity contribution >= 4 is 22.7 Å². The molecule has 0 radical (unpaired) electrons. The van der Waals surface area contributed by atoms with Crippen molar-refractivity contribution < 1.29 is 15.0 Å². The highest BCUT2D eigenvalue weighted by molar-refractivity contribution is 5.99. The topological polar surface area (TPSA) is 69.6 Å². The second-order valence-corrected chi connectivity index (χ2v) is 7.88. The average molecular weight is 430 g/mol. The minimum atomic E-state index is 0.0406. The van der Waals surface area contributed by atoms with Gasteiger partial charge in [0.25, 0.3) is 0 Å². The Morgan fingerprint density at radius 1 is 0.719 bits per heavy atom. The lowest BCUT2D eigenvalue weighted by atomic mass is 9.88. The van der Waals surface area contributed by atoms with Crippen molar-refractivity contribution in [3.63, 3.8) is 0 Å². The van der Waals surface area contributed by atoms with Gasteiger partial charge in [0.15, 0.2) is 0 Å². The second kappa shape index (κ2) is 11.2. The maximum Gasteiger partial charge on any atom is 0.224 e. The largest absolute Gasteiger partial charge is 0.508 e. The molecule has 166 valence electrons. The third kappa shape index (κ3) is 6.01. The van der Waals surface area contributed by atoms with E-state index in [0.29, 0.717) is 6.42 Å². The van der Waals surface area contributed by atoms with Gasteiger partial charge in [0.2, 0.25) is 5.91 Å². The van der Waals surface area contributed by atoms with E-state index in [9.17, 15) is 15.0 Å². The van der Waals surface area contributed by atoms with Crippen LogP contribution in [0.2, 0.25) is 0 Å². The van der Waals surface area contributed by atoms with Crippen molar-refractivity contribution in [1.29, 1.82) is 0 Å². The molecule has 3 aromatic carbocycles. The zero-order valence-corrected chi connectivity index (χ0v) is 18.8. The van der Waals surface area contributed by atoms with E-state index in [4.69, 9.17) is 0 Å². The molecule has 0 aliphatic rings. The van der Waals surface area contributed by atoms with Gasteiger partial charge in [-0.15, -0.1) is 0 Å². The highest BCUT2D eigenvalue weighted by Gasteiger charge is 2.14. The van der Waals surface area contributed by atoms with Gasteiger partial charge in [-0.05, 0) is 77.1 Å². The Bertz CT molecular complexity index is 1050. The Kier molecular flexibility index (Phi) is 8.09. The van der Waals surface area contributed by atoms with Crippen molar-refractivity contribution in [3.8, 4) is 11.5 Å². The molecule has 1 amide bonds. The van der Waals surface area contributed by atoms with E-state index in [1.165, 1.54) is 0 Å². The number of hydrogen-bond acceptors (Lipinski definition) is 3. The van der Waals surface area contributed by atoms with Crippen LogP contribution >= 0.6 is 0 Å². The number of carbonyl (C=O) groups excluding carboxylic acids is 1. The third-order valence-electron chi connectivity index (χ3n) is 5.49. The molecule has 0 aliphatic heterocycles. The van der Waals surface area contributed by atoms with Crippen LogP contribution in [0, 0.1) is 0 Å². The van der Waals surface area contributed by atoms with Crippen LogP contribution in [0.25, 0.3) is 11.1 Å². The van der Waals surface area contributed by atoms with E-state index in [1.54, 1.807) is 24.3 Å². The molecule has 0 heterocycles. The molecule has 3 N–H and O–H groups in total. The van der Waals surface area contributed by atoms with E-state index in [1.807, 2.05) is 48.5 Å². The molecule has 0 saturated heterocycles. The molecule has 3 rings (SSSR count). The SMILES string of the molecule is CCCCCC(=O)Nc1ccc(/C(=C(/CC)c2ccc(O)cc2)c2ccc(O)cc2)cc1. The fourth-order valence-corrected chi connectivity index (χ4v) is 3.81. The van der Waals surface area contributed by atoms with E-state index in [-0.39, 0.29) is 17.4 Å². The summed E-state index contributed by atoms with van der Waals surface area (Å²) in [6, 6.07) is 22.3. The van der Waals surface area contributed by atoms with Crippen molar-refractivity contribution in [2.75, 3.05) is 5.32 Å². The lowest BCUT2D eigenvalue weighted by Gasteiger charge is -2.17. The first-order chi connectivity index (χ1) is 15.5. The maximum absolute atomic E-state index is 12.2. The number of hydrogen-bond donors (Lipinski definition) is 3. The molecule has 0 atom stereocenters. The zero-order chi connectivity index (χ0) is 22.9. The van der Waals surface area contributed by atoms with Crippen molar-refractivity contribution in [2.45, 2.75) is 46.0 Å². The van der Waals surface area contributed by atoms with E-state index >= 15 is 0 Å². The number of phenolic OH excluding ortho intramolecular Hbond substituents is 2. The van der Waals surface area contributed by atoms with Gasteiger partial charge in [0.05, 0.1) is 0 Å². The van der Waals surface area contributed by atoms with Crippen LogP contribution in [-0.4, -0.2) is 16.1 Å². The molecule has 4 heteroatoms. The van der Waals surface area contributed by atoms with Crippen molar-refractivity contribution in [2.24, 2.45) is 0 Å². The standard InChI is InChI=1S/C28H31NO3/c1-3-5-6-7-27(32)29-23-14-8-21(9-15-23)28(22-12-18-25(31)19-13-22)26(4-2)20-10-16-24(30)17-11-20/h8-19,30-31H,3-7H2,1-2H3,(H,29,32)/b28-26+. The predicted molar refractivity (Wildman–Crippen MR) is 132 cm³/mol. The smallest absolute Gasteiger partial charge is 0.224 e. The Balaban J connectivity index is 1.98. The number of aromatic hydroxyl groups is 2. The first-order valence-corrected chi connectivity index (χ1v) is 11.2. The van der Waals surface area contributed by atoms with Crippen LogP contribution in [-0.2, 0) is 4.79 Å². The quantitative estimate of drug-likeness (QED) is 0.254. The molecule has 0 bridgehead atoms. The average Bonchev–Trinajstić information content (AvgIpc) is 2.80. The van der Waals surface area contributed by atoms with Crippen LogP contribution < -0.4 is 5.32 Å². The van der Waals surface area contributed by atoms with E-state index in [2.05, 4.69) is 19.2 Å². The number of carbonyl (C=O) groups is 1. The maximum atomic E-state index is 12.2. The van der Waals surface area contributed by atoms with Crippen LogP contribution in [0.3, 0.4) is 0 Å². The van der Waals surface area contributed by atoms with Crippen LogP contribution in [0.4, 0.5) is 5.69 Å². The monoisotopic (exact) mass is 429 g/mol. The molecule has 0 fully saturated rings. The van der Waals surface area contributed by atoms with Gasteiger partial charge in [0, 0.05) is 12.1 Å². The number of amides is 1. The van der Waals surface area contributed by atoms with Crippen LogP contribution in [0.1, 0.15) is 62.6 Å². The number of rotatable bonds is 9. The highest BCUT2D eigenvalue weighted by atomic mass is 16.3. The summed E-state index contributed by atoms with van der Waals surface area (Å²) in [4.78, 5) is 12.2. The first kappa shape index (κ1) is 23.1. The van der Waals surface area contributed by atoms with Gasteiger partial charge in [-0.25, -0.2) is 0 Å². The van der Waals surface area contributed by atoms with Gasteiger partial charge in [-0.1, -0.05) is 63.1 Å². The summed E-state index contributed by atoms with van der Waals surface area (Å²) in [7, 11) is 0. The number of unbranched alkanes of at least 4 members (excludes halogenated alkanes) is 2. The minimum Gasteiger partial charge on any atom is -0.508 e. The summed E-state index contributed by atoms with van der Waals surface area (Å²) in [5.41, 5.74) is 6.00. The van der Waals surface area contributed by atoms with Crippen molar-refractivity contribution in [3.05, 3.63) is 89.5 Å². The molecule has 3 aromatic rings. The lowest BCUT2D eigenvalue weighted by Crippen LogP contribution is -2.10. The fraction of sp³-hybridized carbons (Fsp3) is 0.250. The molecule has 0 saturated carbocycles. The predicted octanol–water partition coefficient (Wildman–Crippen LogP) is 6.99. The summed E-state index contributed by atoms with van der Waals surface area (Å²) >= 11 is 0. The molecule has 0 unspecified atom stereocenters. The number of nitrogens with one attached hydrogen (secondary N) is 1. The fourth-order valence-electron chi connectivity index (χ4n) is 3.81. The van der Waals surface area contributed by atoms with Crippen molar-refractivity contribution in [1.82, 2.24) is 0 Å². The third-order valence-corrected chi connectivity index (χ3v) is 5.49. The minimum absolute atomic E-state index is 0.0406. The summed E-state index contributed by atoms with van der Waals surface area (Å²) in [5.74, 6) is 0.491. The molecular formula is C28H31NO3. The lowest BCUT2D eigenvalue weighted by molar-refractivity contribution is -0.116. The van der Waals surface area contributed by atoms with Gasteiger partial charge < -0.3 is 15.5 Å². The molecule has 0 aliphatic carbocycles. The van der Waals surface area contributed by atoms with Crippen LogP contribution in [0.15, 0.2) is 72.8 Å². The molecule has 0 spiro atoms. The van der Waals surface area contributed by atoms with Gasteiger partial charge in [-0.2, -0.15) is 0 Å². The number of allylic oxidation sites excluding steroid dienone is 1. The summed E-state index contributed by atoms with van der Waals surface area (Å²) in [6.07, 6.45) is 4.38. The van der Waals surface area contributed by atoms with E-state index in [0.717, 1.165) is 59.2 Å². The molecule has 32 heavy (non-hydrogen) atoms. The number of anilines is 1. The Hall–Kier alpha value is -3.53. The van der Waals surface area contributed by atoms with Gasteiger partial charge in [-0.3, -0.25) is 4.79 Å². The van der Waals surface area contributed by atoms with Gasteiger partial charge in [0.1, 0.15) is 11.5 Å².